The molecule has 2 aliphatic carbocycles. The van der Waals surface area contributed by atoms with Crippen LogP contribution in [0.4, 0.5) is 0 Å². The molecule has 3 nitrogen and oxygen atoms in total. The molecule has 2 N–H and O–H groups in total. The molecule has 4 heteroatoms. The monoisotopic (exact) mass is 222 g/mol. The van der Waals surface area contributed by atoms with E-state index >= 15 is 0 Å². The van der Waals surface area contributed by atoms with Crippen LogP contribution in [0.3, 0.4) is 0 Å². The molecule has 86 valence electrons. The predicted molar refractivity (Wildman–Crippen MR) is 59.5 cm³/mol. The summed E-state index contributed by atoms with van der Waals surface area (Å²) in [6.45, 7) is 4.62. The van der Waals surface area contributed by atoms with Crippen molar-refractivity contribution < 1.29 is 14.4 Å². The van der Waals surface area contributed by atoms with Crippen LogP contribution in [-0.4, -0.2) is 9.79 Å². The quantitative estimate of drug-likeness (QED) is 0.619. The lowest BCUT2D eigenvalue weighted by molar-refractivity contribution is 0.346. The second kappa shape index (κ2) is 8.46. The first-order chi connectivity index (χ1) is 6.52. The average molecular weight is 222 g/mol. The van der Waals surface area contributed by atoms with Crippen LogP contribution >= 0.6 is 8.25 Å². The van der Waals surface area contributed by atoms with E-state index in [-0.39, 0.29) is 0 Å². The molecule has 0 aliphatic heterocycles. The SMILES string of the molecule is CC1CCC1.CC1CCC1.O=[PH](O)O. The third kappa shape index (κ3) is 10.2. The van der Waals surface area contributed by atoms with Gasteiger partial charge in [-0.2, -0.15) is 0 Å². The molecule has 0 unspecified atom stereocenters. The third-order valence-corrected chi connectivity index (χ3v) is 2.79. The van der Waals surface area contributed by atoms with Crippen LogP contribution < -0.4 is 0 Å². The van der Waals surface area contributed by atoms with Crippen LogP contribution in [0.1, 0.15) is 52.4 Å². The zero-order valence-electron chi connectivity index (χ0n) is 9.20. The van der Waals surface area contributed by atoms with Gasteiger partial charge in [-0.1, -0.05) is 52.4 Å². The average Bonchev–Trinajstić information content (AvgIpc) is 1.97. The Bertz CT molecular complexity index is 137. The molecule has 0 radical (unpaired) electrons. The molecule has 0 amide bonds. The maximum absolute atomic E-state index is 8.74. The first-order valence-corrected chi connectivity index (χ1v) is 6.74. The van der Waals surface area contributed by atoms with Crippen LogP contribution in [0.25, 0.3) is 0 Å². The normalized spacial score (nSPS) is 20.9. The fraction of sp³-hybridized carbons (Fsp3) is 1.00. The molecule has 0 aromatic carbocycles. The van der Waals surface area contributed by atoms with Crippen molar-refractivity contribution >= 4 is 8.25 Å². The molecule has 2 fully saturated rings. The molecule has 0 heterocycles. The first kappa shape index (κ1) is 14.2. The Morgan fingerprint density at radius 3 is 1.07 bits per heavy atom. The summed E-state index contributed by atoms with van der Waals surface area (Å²) in [5.74, 6) is 2.13. The standard InChI is InChI=1S/2C5H10.H3O3P/c2*1-5-3-2-4-5;1-4(2)3/h2*5H,2-4H2,1H3;4H,(H2,1,2,3). The van der Waals surface area contributed by atoms with E-state index in [1.54, 1.807) is 0 Å². The van der Waals surface area contributed by atoms with Crippen molar-refractivity contribution in [3.8, 4) is 0 Å². The minimum atomic E-state index is -3.13. The zero-order valence-corrected chi connectivity index (χ0v) is 10.2. The molecule has 14 heavy (non-hydrogen) atoms. The third-order valence-electron chi connectivity index (χ3n) is 2.79. The van der Waals surface area contributed by atoms with Crippen molar-refractivity contribution in [2.45, 2.75) is 52.4 Å². The van der Waals surface area contributed by atoms with E-state index in [2.05, 4.69) is 13.8 Å². The van der Waals surface area contributed by atoms with E-state index in [1.807, 2.05) is 0 Å². The zero-order chi connectivity index (χ0) is 11.0. The fourth-order valence-electron chi connectivity index (χ4n) is 1.22. The van der Waals surface area contributed by atoms with Gasteiger partial charge in [-0.25, -0.2) is 0 Å². The molecule has 0 aromatic rings. The summed E-state index contributed by atoms with van der Waals surface area (Å²) < 4.78 is 8.74. The lowest BCUT2D eigenvalue weighted by atomic mass is 9.88. The Morgan fingerprint density at radius 1 is 0.929 bits per heavy atom. The highest BCUT2D eigenvalue weighted by Crippen LogP contribution is 2.24. The largest absolute Gasteiger partial charge is 0.326 e. The van der Waals surface area contributed by atoms with E-state index in [0.29, 0.717) is 0 Å². The van der Waals surface area contributed by atoms with E-state index in [4.69, 9.17) is 14.4 Å². The summed E-state index contributed by atoms with van der Waals surface area (Å²) in [7, 11) is -3.13. The van der Waals surface area contributed by atoms with Gasteiger partial charge >= 0.3 is 8.25 Å². The molecule has 0 saturated heterocycles. The Kier molecular flexibility index (Phi) is 8.55. The highest BCUT2D eigenvalue weighted by molar-refractivity contribution is 7.30. The molecule has 2 rings (SSSR count). The summed E-state index contributed by atoms with van der Waals surface area (Å²) in [4.78, 5) is 14.3. The first-order valence-electron chi connectivity index (χ1n) is 5.44. The smallest absolute Gasteiger partial charge is 0.314 e. The van der Waals surface area contributed by atoms with Gasteiger partial charge in [0.15, 0.2) is 0 Å². The van der Waals surface area contributed by atoms with Crippen molar-refractivity contribution in [1.82, 2.24) is 0 Å². The second-order valence-corrected chi connectivity index (χ2v) is 4.92. The summed E-state index contributed by atoms with van der Waals surface area (Å²) >= 11 is 0. The Balaban J connectivity index is 0.000000183. The van der Waals surface area contributed by atoms with Gasteiger partial charge in [-0.3, -0.25) is 4.57 Å². The number of hydrogen-bond donors (Lipinski definition) is 2. The van der Waals surface area contributed by atoms with Crippen LogP contribution in [0, 0.1) is 11.8 Å². The minimum Gasteiger partial charge on any atom is -0.326 e. The van der Waals surface area contributed by atoms with Crippen molar-refractivity contribution in [2.24, 2.45) is 11.8 Å². The van der Waals surface area contributed by atoms with Gasteiger partial charge in [0.25, 0.3) is 0 Å². The van der Waals surface area contributed by atoms with Crippen molar-refractivity contribution in [3.05, 3.63) is 0 Å². The second-order valence-electron chi connectivity index (χ2n) is 4.35. The highest BCUT2D eigenvalue weighted by atomic mass is 31.1. The maximum atomic E-state index is 8.74. The van der Waals surface area contributed by atoms with Gasteiger partial charge in [0, 0.05) is 0 Å². The molecule has 2 saturated carbocycles. The van der Waals surface area contributed by atoms with Crippen LogP contribution in [0.15, 0.2) is 0 Å². The maximum Gasteiger partial charge on any atom is 0.314 e. The fourth-order valence-corrected chi connectivity index (χ4v) is 1.22. The number of hydrogen-bond acceptors (Lipinski definition) is 1. The molecule has 0 bridgehead atoms. The molecule has 0 spiro atoms. The van der Waals surface area contributed by atoms with Crippen LogP contribution in [-0.2, 0) is 4.57 Å². The summed E-state index contributed by atoms with van der Waals surface area (Å²) in [5, 5.41) is 0. The summed E-state index contributed by atoms with van der Waals surface area (Å²) in [5.41, 5.74) is 0. The highest BCUT2D eigenvalue weighted by Gasteiger charge is 2.09. The predicted octanol–water partition coefficient (Wildman–Crippen LogP) is 2.97. The molecule has 2 aliphatic rings. The van der Waals surface area contributed by atoms with Crippen LogP contribution in [0.5, 0.6) is 0 Å². The molecule has 0 aromatic heterocycles. The Labute approximate surface area is 87.5 Å². The summed E-state index contributed by atoms with van der Waals surface area (Å²) in [6, 6.07) is 0. The van der Waals surface area contributed by atoms with Crippen molar-refractivity contribution in [1.29, 1.82) is 0 Å². The Hall–Kier alpha value is 0.150. The molecule has 0 atom stereocenters. The molecular formula is C10H23O3P. The van der Waals surface area contributed by atoms with Crippen molar-refractivity contribution in [3.63, 3.8) is 0 Å². The van der Waals surface area contributed by atoms with Gasteiger partial charge < -0.3 is 9.79 Å². The topological polar surface area (TPSA) is 57.5 Å². The minimum absolute atomic E-state index is 1.06. The van der Waals surface area contributed by atoms with E-state index in [1.165, 1.54) is 38.5 Å². The van der Waals surface area contributed by atoms with Gasteiger partial charge in [-0.15, -0.1) is 0 Å². The van der Waals surface area contributed by atoms with Crippen LogP contribution in [0.2, 0.25) is 0 Å². The van der Waals surface area contributed by atoms with E-state index in [0.717, 1.165) is 11.8 Å². The van der Waals surface area contributed by atoms with Crippen molar-refractivity contribution in [2.75, 3.05) is 0 Å². The van der Waals surface area contributed by atoms with Gasteiger partial charge in [0.1, 0.15) is 0 Å². The summed E-state index contributed by atoms with van der Waals surface area (Å²) in [6.07, 6.45) is 8.92. The van der Waals surface area contributed by atoms with Gasteiger partial charge in [-0.05, 0) is 11.8 Å². The lowest BCUT2D eigenvalue weighted by Gasteiger charge is -2.18. The Morgan fingerprint density at radius 2 is 1.07 bits per heavy atom. The van der Waals surface area contributed by atoms with Gasteiger partial charge in [0.05, 0.1) is 0 Å². The number of rotatable bonds is 0. The van der Waals surface area contributed by atoms with Gasteiger partial charge in [0.2, 0.25) is 0 Å². The lowest BCUT2D eigenvalue weighted by Crippen LogP contribution is -2.04. The van der Waals surface area contributed by atoms with E-state index in [9.17, 15) is 0 Å². The molecular weight excluding hydrogens is 199 g/mol. The van der Waals surface area contributed by atoms with E-state index < -0.39 is 8.25 Å².